The number of benzene rings is 2. The molecule has 0 saturated carbocycles. The summed E-state index contributed by atoms with van der Waals surface area (Å²) in [6, 6.07) is 14.1. The van der Waals surface area contributed by atoms with E-state index in [1.54, 1.807) is 19.1 Å². The molecule has 194 valence electrons. The Hall–Kier alpha value is -2.59. The normalized spacial score (nSPS) is 14.8. The number of aromatic nitrogens is 2. The maximum absolute atomic E-state index is 11.4. The molecule has 0 aliphatic carbocycles. The predicted molar refractivity (Wildman–Crippen MR) is 144 cm³/mol. The molecule has 8 nitrogen and oxygen atoms in total. The van der Waals surface area contributed by atoms with Crippen molar-refractivity contribution in [2.24, 2.45) is 5.92 Å². The maximum Gasteiger partial charge on any atom is 0.250 e. The Morgan fingerprint density at radius 1 is 1.25 bits per heavy atom. The Morgan fingerprint density at radius 2 is 1.97 bits per heavy atom. The highest BCUT2D eigenvalue weighted by atomic mass is 32.2. The fourth-order valence-electron chi connectivity index (χ4n) is 4.42. The summed E-state index contributed by atoms with van der Waals surface area (Å²) in [5.41, 5.74) is 3.31. The molecule has 1 aromatic heterocycles. The van der Waals surface area contributed by atoms with Crippen molar-refractivity contribution in [2.45, 2.75) is 50.7 Å². The average Bonchev–Trinajstić information content (AvgIpc) is 3.27. The van der Waals surface area contributed by atoms with Gasteiger partial charge in [-0.1, -0.05) is 0 Å². The molecule has 1 saturated heterocycles. The fraction of sp³-hybridized carbons (Fsp3) is 0.481. The van der Waals surface area contributed by atoms with Gasteiger partial charge in [-0.3, -0.25) is 4.79 Å². The highest BCUT2D eigenvalue weighted by Crippen LogP contribution is 2.34. The topological polar surface area (TPSA) is 88.9 Å². The van der Waals surface area contributed by atoms with Crippen molar-refractivity contribution in [2.75, 3.05) is 43.1 Å². The van der Waals surface area contributed by atoms with Crippen LogP contribution < -0.4 is 9.62 Å². The van der Waals surface area contributed by atoms with Crippen LogP contribution >= 0.6 is 11.9 Å². The first kappa shape index (κ1) is 26.5. The third-order valence-electron chi connectivity index (χ3n) is 6.63. The molecule has 36 heavy (non-hydrogen) atoms. The molecule has 0 spiro atoms. The number of nitrogens with one attached hydrogen (secondary N) is 1. The molecule has 0 unspecified atom stereocenters. The van der Waals surface area contributed by atoms with Crippen molar-refractivity contribution in [1.82, 2.24) is 9.55 Å². The number of imidazole rings is 1. The van der Waals surface area contributed by atoms with Gasteiger partial charge in [0.1, 0.15) is 18.0 Å². The smallest absolute Gasteiger partial charge is 0.250 e. The highest BCUT2D eigenvalue weighted by Gasteiger charge is 2.29. The summed E-state index contributed by atoms with van der Waals surface area (Å²) < 4.78 is 16.0. The van der Waals surface area contributed by atoms with E-state index in [2.05, 4.69) is 53.2 Å². The zero-order chi connectivity index (χ0) is 25.7. The van der Waals surface area contributed by atoms with E-state index in [1.807, 2.05) is 24.3 Å². The molecule has 1 aliphatic rings. The first-order valence-electron chi connectivity index (χ1n) is 12.4. The van der Waals surface area contributed by atoms with E-state index in [1.165, 1.54) is 0 Å². The number of methoxy groups -OCH3 is 1. The summed E-state index contributed by atoms with van der Waals surface area (Å²) in [4.78, 5) is 17.5. The monoisotopic (exact) mass is 512 g/mol. The van der Waals surface area contributed by atoms with E-state index in [0.717, 1.165) is 66.6 Å². The number of amides is 1. The molecule has 3 aromatic rings. The zero-order valence-electron chi connectivity index (χ0n) is 21.5. The number of fused-ring (bicyclic) bond motifs is 1. The molecule has 2 N–H and O–H groups in total. The molecule has 1 fully saturated rings. The van der Waals surface area contributed by atoms with Crippen LogP contribution in [0, 0.1) is 5.92 Å². The van der Waals surface area contributed by atoms with Crippen molar-refractivity contribution < 1.29 is 19.4 Å². The number of anilines is 2. The Labute approximate surface area is 217 Å². The second-order valence-corrected chi connectivity index (χ2v) is 10.6. The van der Waals surface area contributed by atoms with Gasteiger partial charge in [-0.2, -0.15) is 0 Å². The Morgan fingerprint density at radius 3 is 2.61 bits per heavy atom. The number of aliphatic hydroxyl groups excluding tert-OH is 1. The summed E-state index contributed by atoms with van der Waals surface area (Å²) in [5.74, 6) is 1.08. The third-order valence-corrected chi connectivity index (χ3v) is 7.81. The Kier molecular flexibility index (Phi) is 8.56. The van der Waals surface area contributed by atoms with Gasteiger partial charge in [0.05, 0.1) is 11.0 Å². The van der Waals surface area contributed by atoms with Gasteiger partial charge >= 0.3 is 0 Å². The van der Waals surface area contributed by atoms with Crippen LogP contribution in [0.4, 0.5) is 11.4 Å². The van der Waals surface area contributed by atoms with Crippen LogP contribution in [0.25, 0.3) is 11.0 Å². The van der Waals surface area contributed by atoms with Gasteiger partial charge in [-0.15, -0.1) is 0 Å². The Bertz CT molecular complexity index is 1170. The van der Waals surface area contributed by atoms with E-state index in [0.29, 0.717) is 11.6 Å². The Balaban J connectivity index is 1.60. The van der Waals surface area contributed by atoms with Gasteiger partial charge < -0.3 is 28.8 Å². The lowest BCUT2D eigenvalue weighted by molar-refractivity contribution is -0.118. The molecule has 9 heteroatoms. The average molecular weight is 513 g/mol. The van der Waals surface area contributed by atoms with Crippen LogP contribution in [0.5, 0.6) is 0 Å². The van der Waals surface area contributed by atoms with E-state index >= 15 is 0 Å². The summed E-state index contributed by atoms with van der Waals surface area (Å²) >= 11 is 1.63. The number of hydrogen-bond donors (Lipinski definition) is 2. The maximum atomic E-state index is 11.4. The molecule has 0 bridgehead atoms. The zero-order valence-corrected chi connectivity index (χ0v) is 22.3. The molecule has 0 radical (unpaired) electrons. The summed E-state index contributed by atoms with van der Waals surface area (Å²) in [5, 5.41) is 11.6. The minimum atomic E-state index is -0.531. The predicted octanol–water partition coefficient (Wildman–Crippen LogP) is 4.81. The minimum absolute atomic E-state index is 0.425. The number of carbonyl (C=O) groups is 1. The van der Waals surface area contributed by atoms with Gasteiger partial charge in [-0.25, -0.2) is 4.98 Å². The van der Waals surface area contributed by atoms with Gasteiger partial charge in [0, 0.05) is 49.7 Å². The summed E-state index contributed by atoms with van der Waals surface area (Å²) in [7, 11) is 1.74. The summed E-state index contributed by atoms with van der Waals surface area (Å²) in [6.45, 7) is 9.08. The van der Waals surface area contributed by atoms with E-state index in [4.69, 9.17) is 19.6 Å². The van der Waals surface area contributed by atoms with Crippen LogP contribution in [-0.4, -0.2) is 54.0 Å². The lowest BCUT2D eigenvalue weighted by Gasteiger charge is -2.27. The van der Waals surface area contributed by atoms with Crippen molar-refractivity contribution in [1.29, 1.82) is 0 Å². The number of nitrogens with zero attached hydrogens (tertiary/aromatic N) is 3. The van der Waals surface area contributed by atoms with Crippen LogP contribution in [0.1, 0.15) is 39.4 Å². The van der Waals surface area contributed by atoms with Crippen molar-refractivity contribution >= 4 is 40.3 Å². The van der Waals surface area contributed by atoms with Crippen molar-refractivity contribution in [3.8, 4) is 0 Å². The fourth-order valence-corrected chi connectivity index (χ4v) is 5.28. The molecule has 2 heterocycles. The molecule has 1 aliphatic heterocycles. The molecule has 4 rings (SSSR count). The lowest BCUT2D eigenvalue weighted by atomic mass is 9.99. The highest BCUT2D eigenvalue weighted by molar-refractivity contribution is 8.00. The molecular formula is C27H36N4O4S. The van der Waals surface area contributed by atoms with E-state index < -0.39 is 18.1 Å². The van der Waals surface area contributed by atoms with Crippen molar-refractivity contribution in [3.05, 3.63) is 48.3 Å². The number of ether oxygens (including phenoxy) is 2. The first-order chi connectivity index (χ1) is 17.3. The van der Waals surface area contributed by atoms with Crippen molar-refractivity contribution in [3.63, 3.8) is 0 Å². The number of hydrogen-bond acceptors (Lipinski definition) is 7. The number of carbonyl (C=O) groups excluding carboxylic acids is 1. The molecule has 0 atom stereocenters. The summed E-state index contributed by atoms with van der Waals surface area (Å²) in [6.07, 6.45) is 2.13. The SMILES string of the molecule is CCN(Sc1ccc(NC(=O)CO)cc1)c1ccc2c(c1)nc(C(C)(C)OC)n2CC1CCOCC1. The van der Waals surface area contributed by atoms with Crippen LogP contribution in [0.2, 0.25) is 0 Å². The van der Waals surface area contributed by atoms with Crippen LogP contribution in [-0.2, 0) is 26.4 Å². The van der Waals surface area contributed by atoms with E-state index in [9.17, 15) is 4.79 Å². The quantitative estimate of drug-likeness (QED) is 0.377. The number of aliphatic hydroxyl groups is 1. The second-order valence-electron chi connectivity index (χ2n) is 9.51. The lowest BCUT2D eigenvalue weighted by Crippen LogP contribution is -2.28. The number of rotatable bonds is 10. The van der Waals surface area contributed by atoms with Crippen LogP contribution in [0.3, 0.4) is 0 Å². The minimum Gasteiger partial charge on any atom is -0.387 e. The van der Waals surface area contributed by atoms with E-state index in [-0.39, 0.29) is 0 Å². The first-order valence-corrected chi connectivity index (χ1v) is 13.2. The van der Waals surface area contributed by atoms with Gasteiger partial charge in [-0.05, 0) is 93.9 Å². The molecule has 2 aromatic carbocycles. The molecular weight excluding hydrogens is 476 g/mol. The molecule has 1 amide bonds. The second kappa shape index (κ2) is 11.6. The van der Waals surface area contributed by atoms with Crippen LogP contribution in [0.15, 0.2) is 47.4 Å². The standard InChI is InChI=1S/C27H36N4O4S/c1-5-31(36-22-9-6-20(7-10-22)28-25(33)18-32)21-8-11-24-23(16-21)29-26(27(2,3)34-4)30(24)17-19-12-14-35-15-13-19/h6-11,16,19,32H,5,12-15,17-18H2,1-4H3,(H,28,33). The van der Waals surface area contributed by atoms with Gasteiger partial charge in [0.15, 0.2) is 0 Å². The van der Waals surface area contributed by atoms with Gasteiger partial charge in [0.2, 0.25) is 5.91 Å². The largest absolute Gasteiger partial charge is 0.387 e. The van der Waals surface area contributed by atoms with Gasteiger partial charge in [0.25, 0.3) is 0 Å². The third kappa shape index (κ3) is 6.03.